The van der Waals surface area contributed by atoms with Gasteiger partial charge in [0.05, 0.1) is 0 Å². The average Bonchev–Trinajstić information content (AvgIpc) is 2.79. The zero-order valence-corrected chi connectivity index (χ0v) is 24.2. The van der Waals surface area contributed by atoms with Gasteiger partial charge in [0.2, 0.25) is 0 Å². The lowest BCUT2D eigenvalue weighted by Crippen LogP contribution is -2.19. The molecule has 0 aromatic heterocycles. The van der Waals surface area contributed by atoms with Crippen LogP contribution in [-0.2, 0) is 45.8 Å². The van der Waals surface area contributed by atoms with E-state index in [1.165, 1.54) is 22.3 Å². The molecule has 0 saturated carbocycles. The van der Waals surface area contributed by atoms with E-state index in [9.17, 15) is 0 Å². The fraction of sp³-hybridized carbons (Fsp3) is 0.727. The van der Waals surface area contributed by atoms with Crippen molar-refractivity contribution in [3.8, 4) is 0 Å². The predicted molar refractivity (Wildman–Crippen MR) is 134 cm³/mol. The highest BCUT2D eigenvalue weighted by molar-refractivity contribution is 6.44. The number of benzene rings is 1. The molecule has 0 saturated heterocycles. The van der Waals surface area contributed by atoms with Gasteiger partial charge in [0, 0.05) is 42.7 Å². The summed E-state index contributed by atoms with van der Waals surface area (Å²) in [6, 6.07) is 7.93. The standard InChI is InChI=1S/C22H44O6Si3/c1-19-21(12-9-15-30(25-4)26-5)17-20(11-8-14-29(23-2)24-3)18-22(19)13-10-16-31(27-6)28-7/h17-18,29-31H,8-16H2,1-7H3. The number of hydrogen-bond donors (Lipinski definition) is 0. The van der Waals surface area contributed by atoms with Crippen LogP contribution in [0.25, 0.3) is 0 Å². The Bertz CT molecular complexity index is 554. The molecule has 0 amide bonds. The van der Waals surface area contributed by atoms with Gasteiger partial charge < -0.3 is 26.6 Å². The number of hydrogen-bond acceptors (Lipinski definition) is 6. The van der Waals surface area contributed by atoms with Crippen molar-refractivity contribution in [1.82, 2.24) is 0 Å². The Hall–Kier alpha value is -0.369. The second-order valence-electron chi connectivity index (χ2n) is 7.92. The van der Waals surface area contributed by atoms with Gasteiger partial charge >= 0.3 is 27.9 Å². The summed E-state index contributed by atoms with van der Waals surface area (Å²) in [7, 11) is 6.09. The SMILES string of the molecule is CO[SiH](CCCc1cc(CCC[SiH](OC)OC)c(C)c(CCC[SiH](OC)OC)c1)OC. The Morgan fingerprint density at radius 2 is 0.871 bits per heavy atom. The Morgan fingerprint density at radius 3 is 1.19 bits per heavy atom. The lowest BCUT2D eigenvalue weighted by atomic mass is 9.92. The molecule has 1 aromatic rings. The summed E-state index contributed by atoms with van der Waals surface area (Å²) in [5.41, 5.74) is 5.79. The summed E-state index contributed by atoms with van der Waals surface area (Å²) >= 11 is 0. The zero-order chi connectivity index (χ0) is 23.1. The van der Waals surface area contributed by atoms with E-state index in [4.69, 9.17) is 26.6 Å². The highest BCUT2D eigenvalue weighted by Gasteiger charge is 2.14. The van der Waals surface area contributed by atoms with Gasteiger partial charge in [-0.15, -0.1) is 0 Å². The summed E-state index contributed by atoms with van der Waals surface area (Å²) in [4.78, 5) is 0. The van der Waals surface area contributed by atoms with Crippen LogP contribution in [0.2, 0.25) is 18.1 Å². The Labute approximate surface area is 195 Å². The second-order valence-corrected chi connectivity index (χ2v) is 15.1. The van der Waals surface area contributed by atoms with E-state index in [0.717, 1.165) is 56.7 Å². The third kappa shape index (κ3) is 10.9. The van der Waals surface area contributed by atoms with Gasteiger partial charge in [-0.1, -0.05) is 12.1 Å². The third-order valence-corrected chi connectivity index (χ3v) is 11.7. The minimum Gasteiger partial charge on any atom is -0.400 e. The first-order chi connectivity index (χ1) is 15.0. The van der Waals surface area contributed by atoms with Crippen LogP contribution in [0.4, 0.5) is 0 Å². The molecule has 0 spiro atoms. The van der Waals surface area contributed by atoms with E-state index < -0.39 is 27.9 Å². The lowest BCUT2D eigenvalue weighted by molar-refractivity contribution is 0.276. The van der Waals surface area contributed by atoms with Gasteiger partial charge in [-0.3, -0.25) is 0 Å². The summed E-state index contributed by atoms with van der Waals surface area (Å²) in [5.74, 6) is 0. The monoisotopic (exact) mass is 488 g/mol. The van der Waals surface area contributed by atoms with Crippen molar-refractivity contribution in [1.29, 1.82) is 0 Å². The van der Waals surface area contributed by atoms with Crippen molar-refractivity contribution in [2.24, 2.45) is 0 Å². The van der Waals surface area contributed by atoms with E-state index in [0.29, 0.717) is 0 Å². The van der Waals surface area contributed by atoms with Crippen LogP contribution < -0.4 is 0 Å². The molecular formula is C22H44O6Si3. The molecule has 0 N–H and O–H groups in total. The zero-order valence-electron chi connectivity index (χ0n) is 20.7. The summed E-state index contributed by atoms with van der Waals surface area (Å²) in [5, 5.41) is 0. The molecule has 0 aliphatic rings. The lowest BCUT2D eigenvalue weighted by Gasteiger charge is -2.17. The molecular weight excluding hydrogens is 444 g/mol. The van der Waals surface area contributed by atoms with Gasteiger partial charge in [0.15, 0.2) is 0 Å². The van der Waals surface area contributed by atoms with Crippen molar-refractivity contribution in [3.63, 3.8) is 0 Å². The van der Waals surface area contributed by atoms with E-state index in [1.807, 2.05) is 0 Å². The highest BCUT2D eigenvalue weighted by Crippen LogP contribution is 2.23. The van der Waals surface area contributed by atoms with E-state index in [-0.39, 0.29) is 0 Å². The summed E-state index contributed by atoms with van der Waals surface area (Å²) < 4.78 is 32.9. The average molecular weight is 489 g/mol. The largest absolute Gasteiger partial charge is 0.400 e. The van der Waals surface area contributed by atoms with Crippen LogP contribution in [-0.4, -0.2) is 70.5 Å². The quantitative estimate of drug-likeness (QED) is 0.296. The highest BCUT2D eigenvalue weighted by atomic mass is 28.3. The Balaban J connectivity index is 2.86. The Morgan fingerprint density at radius 1 is 0.548 bits per heavy atom. The first-order valence-electron chi connectivity index (χ1n) is 11.3. The van der Waals surface area contributed by atoms with Gasteiger partial charge in [0.1, 0.15) is 0 Å². The van der Waals surface area contributed by atoms with Crippen LogP contribution in [0.3, 0.4) is 0 Å². The maximum Gasteiger partial charge on any atom is 0.320 e. The predicted octanol–water partition coefficient (Wildman–Crippen LogP) is 3.33. The molecule has 0 atom stereocenters. The molecule has 0 fully saturated rings. The first kappa shape index (κ1) is 28.7. The molecule has 0 heterocycles. The molecule has 180 valence electrons. The van der Waals surface area contributed by atoms with Crippen LogP contribution in [0.1, 0.15) is 41.5 Å². The van der Waals surface area contributed by atoms with Crippen LogP contribution in [0.15, 0.2) is 12.1 Å². The molecule has 0 aliphatic carbocycles. The van der Waals surface area contributed by atoms with Crippen molar-refractivity contribution in [3.05, 3.63) is 34.4 Å². The smallest absolute Gasteiger partial charge is 0.320 e. The molecule has 0 aliphatic heterocycles. The fourth-order valence-electron chi connectivity index (χ4n) is 3.96. The minimum atomic E-state index is -1.49. The maximum atomic E-state index is 5.49. The summed E-state index contributed by atoms with van der Waals surface area (Å²) in [6.45, 7) is 2.27. The molecule has 1 rings (SSSR count). The normalized spacial score (nSPS) is 11.9. The van der Waals surface area contributed by atoms with Crippen molar-refractivity contribution >= 4 is 27.9 Å². The summed E-state index contributed by atoms with van der Waals surface area (Å²) in [6.07, 6.45) is 6.52. The van der Waals surface area contributed by atoms with Crippen molar-refractivity contribution in [2.45, 2.75) is 63.6 Å². The van der Waals surface area contributed by atoms with E-state index in [1.54, 1.807) is 42.7 Å². The topological polar surface area (TPSA) is 55.4 Å². The van der Waals surface area contributed by atoms with Crippen LogP contribution in [0.5, 0.6) is 0 Å². The molecule has 9 heteroatoms. The maximum absolute atomic E-state index is 5.49. The molecule has 0 unspecified atom stereocenters. The van der Waals surface area contributed by atoms with Crippen LogP contribution in [0, 0.1) is 6.92 Å². The third-order valence-electron chi connectivity index (χ3n) is 5.94. The number of aryl methyl sites for hydroxylation is 3. The molecule has 0 radical (unpaired) electrons. The van der Waals surface area contributed by atoms with Gasteiger partial charge in [0.25, 0.3) is 0 Å². The molecule has 31 heavy (non-hydrogen) atoms. The second kappa shape index (κ2) is 17.2. The van der Waals surface area contributed by atoms with Gasteiger partial charge in [-0.05, 0) is 85.8 Å². The van der Waals surface area contributed by atoms with Crippen molar-refractivity contribution < 1.29 is 26.6 Å². The van der Waals surface area contributed by atoms with Gasteiger partial charge in [-0.2, -0.15) is 0 Å². The minimum absolute atomic E-state index is 1.04. The molecule has 0 bridgehead atoms. The van der Waals surface area contributed by atoms with E-state index in [2.05, 4.69) is 19.1 Å². The molecule has 6 nitrogen and oxygen atoms in total. The van der Waals surface area contributed by atoms with Crippen LogP contribution >= 0.6 is 0 Å². The van der Waals surface area contributed by atoms with Crippen molar-refractivity contribution in [2.75, 3.05) is 42.7 Å². The van der Waals surface area contributed by atoms with E-state index >= 15 is 0 Å². The number of rotatable bonds is 18. The Kier molecular flexibility index (Phi) is 15.9. The molecule has 1 aromatic carbocycles. The first-order valence-corrected chi connectivity index (χ1v) is 16.6. The fourth-order valence-corrected chi connectivity index (χ4v) is 7.57. The van der Waals surface area contributed by atoms with Gasteiger partial charge in [-0.25, -0.2) is 0 Å².